The lowest BCUT2D eigenvalue weighted by atomic mass is 10.0. The van der Waals surface area contributed by atoms with E-state index in [1.807, 2.05) is 6.08 Å². The number of nitrogens with one attached hydrogen (secondary N) is 1. The molecule has 1 atom stereocenters. The number of hydrogen-bond acceptors (Lipinski definition) is 3. The first kappa shape index (κ1) is 11.5. The van der Waals surface area contributed by atoms with Crippen LogP contribution in [0, 0.1) is 0 Å². The zero-order valence-electron chi connectivity index (χ0n) is 9.39. The number of phenols is 2. The van der Waals surface area contributed by atoms with Crippen LogP contribution in [0.4, 0.5) is 0 Å². The van der Waals surface area contributed by atoms with Crippen LogP contribution in [0.3, 0.4) is 0 Å². The predicted octanol–water partition coefficient (Wildman–Crippen LogP) is 1.94. The van der Waals surface area contributed by atoms with E-state index in [2.05, 4.69) is 11.4 Å². The molecular weight excluding hydrogens is 218 g/mol. The highest BCUT2D eigenvalue weighted by Crippen LogP contribution is 2.20. The lowest BCUT2D eigenvalue weighted by molar-refractivity contribution is 0.0934. The van der Waals surface area contributed by atoms with Crippen molar-refractivity contribution >= 4 is 5.91 Å². The van der Waals surface area contributed by atoms with Gasteiger partial charge in [0.2, 0.25) is 0 Å². The van der Waals surface area contributed by atoms with Crippen molar-refractivity contribution in [3.05, 3.63) is 35.9 Å². The van der Waals surface area contributed by atoms with Crippen molar-refractivity contribution in [2.24, 2.45) is 0 Å². The summed E-state index contributed by atoms with van der Waals surface area (Å²) < 4.78 is 0. The average molecular weight is 233 g/mol. The van der Waals surface area contributed by atoms with Crippen molar-refractivity contribution in [2.45, 2.75) is 25.3 Å². The number of rotatable bonds is 2. The Balaban J connectivity index is 2.06. The van der Waals surface area contributed by atoms with Gasteiger partial charge in [0.25, 0.3) is 5.91 Å². The molecule has 0 radical (unpaired) electrons. The maximum atomic E-state index is 11.9. The minimum Gasteiger partial charge on any atom is -0.508 e. The third-order valence-corrected chi connectivity index (χ3v) is 2.77. The normalized spacial score (nSPS) is 18.9. The smallest absolute Gasteiger partial charge is 0.251 e. The standard InChI is InChI=1S/C13H15NO3/c15-11-6-9(7-12(16)8-11)13(17)14-10-4-2-1-3-5-10/h1-2,6-8,10,15-16H,3-5H2,(H,14,17). The fraction of sp³-hybridized carbons (Fsp3) is 0.308. The molecule has 4 nitrogen and oxygen atoms in total. The molecule has 1 aromatic rings. The van der Waals surface area contributed by atoms with Crippen LogP contribution in [0.15, 0.2) is 30.4 Å². The van der Waals surface area contributed by atoms with E-state index in [4.69, 9.17) is 0 Å². The number of carbonyl (C=O) groups is 1. The Hall–Kier alpha value is -1.97. The van der Waals surface area contributed by atoms with E-state index in [9.17, 15) is 15.0 Å². The molecule has 0 saturated heterocycles. The number of carbonyl (C=O) groups excluding carboxylic acids is 1. The van der Waals surface area contributed by atoms with Gasteiger partial charge in [0.15, 0.2) is 0 Å². The highest BCUT2D eigenvalue weighted by Gasteiger charge is 2.15. The second-order valence-electron chi connectivity index (χ2n) is 4.19. The molecule has 1 amide bonds. The molecule has 90 valence electrons. The van der Waals surface area contributed by atoms with E-state index in [0.717, 1.165) is 19.3 Å². The average Bonchev–Trinajstić information content (AvgIpc) is 2.29. The van der Waals surface area contributed by atoms with Gasteiger partial charge in [-0.3, -0.25) is 4.79 Å². The molecule has 0 heterocycles. The van der Waals surface area contributed by atoms with Gasteiger partial charge in [0, 0.05) is 17.7 Å². The largest absolute Gasteiger partial charge is 0.508 e. The third-order valence-electron chi connectivity index (χ3n) is 2.77. The number of amides is 1. The van der Waals surface area contributed by atoms with Gasteiger partial charge in [-0.05, 0) is 31.4 Å². The Kier molecular flexibility index (Phi) is 3.32. The van der Waals surface area contributed by atoms with Crippen molar-refractivity contribution in [3.63, 3.8) is 0 Å². The van der Waals surface area contributed by atoms with Gasteiger partial charge in [-0.1, -0.05) is 12.2 Å². The van der Waals surface area contributed by atoms with Crippen LogP contribution in [0.5, 0.6) is 11.5 Å². The third kappa shape index (κ3) is 3.00. The summed E-state index contributed by atoms with van der Waals surface area (Å²) in [5.41, 5.74) is 0.275. The van der Waals surface area contributed by atoms with E-state index in [-0.39, 0.29) is 29.0 Å². The van der Waals surface area contributed by atoms with Gasteiger partial charge in [0.05, 0.1) is 0 Å². The summed E-state index contributed by atoms with van der Waals surface area (Å²) in [5, 5.41) is 21.5. The van der Waals surface area contributed by atoms with Crippen molar-refractivity contribution < 1.29 is 15.0 Å². The minimum absolute atomic E-state index is 0.112. The highest BCUT2D eigenvalue weighted by atomic mass is 16.3. The van der Waals surface area contributed by atoms with E-state index in [1.54, 1.807) is 0 Å². The molecular formula is C13H15NO3. The van der Waals surface area contributed by atoms with E-state index in [0.29, 0.717) is 0 Å². The maximum Gasteiger partial charge on any atom is 0.251 e. The Morgan fingerprint density at radius 1 is 1.18 bits per heavy atom. The molecule has 17 heavy (non-hydrogen) atoms. The first-order chi connectivity index (χ1) is 8.15. The Labute approximate surface area is 99.6 Å². The van der Waals surface area contributed by atoms with Gasteiger partial charge >= 0.3 is 0 Å². The number of benzene rings is 1. The lowest BCUT2D eigenvalue weighted by Gasteiger charge is -2.19. The Bertz CT molecular complexity index is 434. The topological polar surface area (TPSA) is 69.6 Å². The summed E-state index contributed by atoms with van der Waals surface area (Å²) in [6, 6.07) is 4.01. The number of allylic oxidation sites excluding steroid dienone is 1. The summed E-state index contributed by atoms with van der Waals surface area (Å²) in [4.78, 5) is 11.9. The van der Waals surface area contributed by atoms with Gasteiger partial charge in [-0.15, -0.1) is 0 Å². The van der Waals surface area contributed by atoms with Crippen LogP contribution in [0.25, 0.3) is 0 Å². The number of aromatic hydroxyl groups is 2. The summed E-state index contributed by atoms with van der Waals surface area (Å²) in [6.45, 7) is 0. The summed E-state index contributed by atoms with van der Waals surface area (Å²) in [7, 11) is 0. The lowest BCUT2D eigenvalue weighted by Crippen LogP contribution is -2.35. The van der Waals surface area contributed by atoms with Crippen LogP contribution in [-0.2, 0) is 0 Å². The molecule has 4 heteroatoms. The Morgan fingerprint density at radius 3 is 2.47 bits per heavy atom. The Morgan fingerprint density at radius 2 is 1.88 bits per heavy atom. The molecule has 0 bridgehead atoms. The number of phenolic OH excluding ortho intramolecular Hbond substituents is 2. The van der Waals surface area contributed by atoms with Gasteiger partial charge in [0.1, 0.15) is 11.5 Å². The van der Waals surface area contributed by atoms with Gasteiger partial charge < -0.3 is 15.5 Å². The molecule has 1 aliphatic rings. The molecule has 0 saturated carbocycles. The number of hydrogen-bond donors (Lipinski definition) is 3. The van der Waals surface area contributed by atoms with Crippen LogP contribution in [-0.4, -0.2) is 22.2 Å². The zero-order valence-corrected chi connectivity index (χ0v) is 9.39. The van der Waals surface area contributed by atoms with Crippen molar-refractivity contribution in [1.82, 2.24) is 5.32 Å². The highest BCUT2D eigenvalue weighted by molar-refractivity contribution is 5.95. The predicted molar refractivity (Wildman–Crippen MR) is 64.0 cm³/mol. The maximum absolute atomic E-state index is 11.9. The first-order valence-electron chi connectivity index (χ1n) is 5.64. The molecule has 1 aromatic carbocycles. The van der Waals surface area contributed by atoms with Crippen molar-refractivity contribution in [1.29, 1.82) is 0 Å². The van der Waals surface area contributed by atoms with Gasteiger partial charge in [-0.2, -0.15) is 0 Å². The first-order valence-corrected chi connectivity index (χ1v) is 5.64. The van der Waals surface area contributed by atoms with Crippen molar-refractivity contribution in [2.75, 3.05) is 0 Å². The molecule has 0 aliphatic heterocycles. The quantitative estimate of drug-likeness (QED) is 0.684. The van der Waals surface area contributed by atoms with Crippen LogP contribution in [0.1, 0.15) is 29.6 Å². The summed E-state index contributed by atoms with van der Waals surface area (Å²) in [6.07, 6.45) is 6.87. The SMILES string of the molecule is O=C(NC1CC=CCC1)c1cc(O)cc(O)c1. The molecule has 2 rings (SSSR count). The fourth-order valence-electron chi connectivity index (χ4n) is 1.92. The van der Waals surface area contributed by atoms with Crippen LogP contribution in [0.2, 0.25) is 0 Å². The van der Waals surface area contributed by atoms with Crippen LogP contribution < -0.4 is 5.32 Å². The second kappa shape index (κ2) is 4.91. The van der Waals surface area contributed by atoms with E-state index in [1.165, 1.54) is 18.2 Å². The molecule has 1 unspecified atom stereocenters. The zero-order chi connectivity index (χ0) is 12.3. The summed E-state index contributed by atoms with van der Waals surface area (Å²) >= 11 is 0. The van der Waals surface area contributed by atoms with E-state index < -0.39 is 0 Å². The molecule has 3 N–H and O–H groups in total. The van der Waals surface area contributed by atoms with Gasteiger partial charge in [-0.25, -0.2) is 0 Å². The minimum atomic E-state index is -0.267. The van der Waals surface area contributed by atoms with E-state index >= 15 is 0 Å². The molecule has 0 spiro atoms. The fourth-order valence-corrected chi connectivity index (χ4v) is 1.92. The van der Waals surface area contributed by atoms with Crippen LogP contribution >= 0.6 is 0 Å². The molecule has 1 aliphatic carbocycles. The second-order valence-corrected chi connectivity index (χ2v) is 4.19. The molecule has 0 aromatic heterocycles. The molecule has 0 fully saturated rings. The van der Waals surface area contributed by atoms with Crippen molar-refractivity contribution in [3.8, 4) is 11.5 Å². The summed E-state index contributed by atoms with van der Waals surface area (Å²) in [5.74, 6) is -0.492. The monoisotopic (exact) mass is 233 g/mol.